The van der Waals surface area contributed by atoms with E-state index in [0.29, 0.717) is 19.0 Å². The fourth-order valence-electron chi connectivity index (χ4n) is 1.94. The van der Waals surface area contributed by atoms with Crippen molar-refractivity contribution < 1.29 is 13.9 Å². The minimum atomic E-state index is -0.497. The van der Waals surface area contributed by atoms with E-state index in [9.17, 15) is 9.18 Å². The smallest absolute Gasteiger partial charge is 0.410 e. The van der Waals surface area contributed by atoms with Crippen LogP contribution in [0.25, 0.3) is 0 Å². The fraction of sp³-hybridized carbons (Fsp3) is 0.615. The Hall–Kier alpha value is -1.92. The molecule has 0 spiro atoms. The van der Waals surface area contributed by atoms with Gasteiger partial charge in [-0.2, -0.15) is 0 Å². The molecule has 1 aliphatic rings. The van der Waals surface area contributed by atoms with Crippen molar-refractivity contribution in [3.63, 3.8) is 0 Å². The van der Waals surface area contributed by atoms with Crippen LogP contribution in [-0.4, -0.2) is 45.7 Å². The third-order valence-electron chi connectivity index (χ3n) is 2.79. The molecule has 1 atom stereocenters. The number of ether oxygens (including phenoxy) is 1. The van der Waals surface area contributed by atoms with Gasteiger partial charge in [-0.25, -0.2) is 19.2 Å². The van der Waals surface area contributed by atoms with Crippen LogP contribution in [0, 0.1) is 5.82 Å². The van der Waals surface area contributed by atoms with Crippen LogP contribution in [0.15, 0.2) is 12.4 Å². The van der Waals surface area contributed by atoms with E-state index in [2.05, 4.69) is 15.3 Å². The predicted octanol–water partition coefficient (Wildman–Crippen LogP) is 2.04. The second-order valence-corrected chi connectivity index (χ2v) is 5.78. The molecule has 1 saturated heterocycles. The van der Waals surface area contributed by atoms with Crippen molar-refractivity contribution in [1.82, 2.24) is 14.9 Å². The summed E-state index contributed by atoms with van der Waals surface area (Å²) in [5, 5.41) is 3.08. The Labute approximate surface area is 117 Å². The van der Waals surface area contributed by atoms with Gasteiger partial charge in [-0.1, -0.05) is 0 Å². The van der Waals surface area contributed by atoms with Crippen molar-refractivity contribution in [2.45, 2.75) is 38.8 Å². The highest BCUT2D eigenvalue weighted by Crippen LogP contribution is 2.17. The number of likely N-dealkylation sites (tertiary alicyclic amines) is 1. The van der Waals surface area contributed by atoms with Crippen molar-refractivity contribution in [3.8, 4) is 0 Å². The predicted molar refractivity (Wildman–Crippen MR) is 71.8 cm³/mol. The lowest BCUT2D eigenvalue weighted by Crippen LogP contribution is -2.36. The van der Waals surface area contributed by atoms with Gasteiger partial charge in [-0.05, 0) is 27.2 Å². The molecule has 2 rings (SSSR count). The van der Waals surface area contributed by atoms with Crippen molar-refractivity contribution in [3.05, 3.63) is 18.2 Å². The summed E-state index contributed by atoms with van der Waals surface area (Å²) in [5.41, 5.74) is -0.497. The van der Waals surface area contributed by atoms with Gasteiger partial charge in [-0.15, -0.1) is 0 Å². The average molecular weight is 282 g/mol. The van der Waals surface area contributed by atoms with Crippen LogP contribution in [0.1, 0.15) is 27.2 Å². The van der Waals surface area contributed by atoms with Crippen molar-refractivity contribution in [1.29, 1.82) is 0 Å². The van der Waals surface area contributed by atoms with E-state index >= 15 is 0 Å². The van der Waals surface area contributed by atoms with Crippen LogP contribution in [0.2, 0.25) is 0 Å². The standard InChI is InChI=1S/C13H19FN4O2/c1-13(2,3)20-12(19)18-5-4-10(8-18)17-11-15-6-9(14)7-16-11/h6-7,10H,4-5,8H2,1-3H3,(H,15,16,17)/t10-/m0/s1. The number of amides is 1. The quantitative estimate of drug-likeness (QED) is 0.899. The number of hydrogen-bond acceptors (Lipinski definition) is 5. The normalized spacial score (nSPS) is 19.0. The summed E-state index contributed by atoms with van der Waals surface area (Å²) in [6.07, 6.45) is 2.67. The molecule has 1 aromatic rings. The van der Waals surface area contributed by atoms with E-state index in [1.807, 2.05) is 20.8 Å². The molecule has 0 saturated carbocycles. The number of carbonyl (C=O) groups is 1. The van der Waals surface area contributed by atoms with Gasteiger partial charge < -0.3 is 15.0 Å². The van der Waals surface area contributed by atoms with Gasteiger partial charge in [0.1, 0.15) is 5.60 Å². The first-order chi connectivity index (χ1) is 9.33. The summed E-state index contributed by atoms with van der Waals surface area (Å²) in [6.45, 7) is 6.65. The first-order valence-electron chi connectivity index (χ1n) is 6.55. The van der Waals surface area contributed by atoms with Gasteiger partial charge in [0.2, 0.25) is 5.95 Å². The number of rotatable bonds is 2. The molecule has 20 heavy (non-hydrogen) atoms. The zero-order valence-corrected chi connectivity index (χ0v) is 11.9. The molecule has 1 amide bonds. The third-order valence-corrected chi connectivity index (χ3v) is 2.79. The lowest BCUT2D eigenvalue weighted by Gasteiger charge is -2.24. The molecule has 1 aromatic heterocycles. The Morgan fingerprint density at radius 3 is 2.70 bits per heavy atom. The number of halogens is 1. The number of hydrogen-bond donors (Lipinski definition) is 1. The van der Waals surface area contributed by atoms with Crippen molar-refractivity contribution in [2.75, 3.05) is 18.4 Å². The highest BCUT2D eigenvalue weighted by Gasteiger charge is 2.29. The lowest BCUT2D eigenvalue weighted by atomic mass is 10.2. The lowest BCUT2D eigenvalue weighted by molar-refractivity contribution is 0.0293. The SMILES string of the molecule is CC(C)(C)OC(=O)N1CC[C@H](Nc2ncc(F)cn2)C1. The van der Waals surface area contributed by atoms with E-state index < -0.39 is 11.4 Å². The van der Waals surface area contributed by atoms with Crippen LogP contribution < -0.4 is 5.32 Å². The molecule has 0 unspecified atom stereocenters. The summed E-state index contributed by atoms with van der Waals surface area (Å²) in [7, 11) is 0. The molecule has 0 radical (unpaired) electrons. The molecule has 0 bridgehead atoms. The van der Waals surface area contributed by atoms with Crippen LogP contribution in [0.3, 0.4) is 0 Å². The summed E-state index contributed by atoms with van der Waals surface area (Å²) < 4.78 is 18.0. The molecule has 1 aliphatic heterocycles. The minimum Gasteiger partial charge on any atom is -0.444 e. The van der Waals surface area contributed by atoms with E-state index in [0.717, 1.165) is 18.8 Å². The summed E-state index contributed by atoms with van der Waals surface area (Å²) >= 11 is 0. The Morgan fingerprint density at radius 2 is 2.10 bits per heavy atom. The second kappa shape index (κ2) is 5.60. The highest BCUT2D eigenvalue weighted by atomic mass is 19.1. The average Bonchev–Trinajstić information content (AvgIpc) is 2.79. The third kappa shape index (κ3) is 4.04. The van der Waals surface area contributed by atoms with Crippen LogP contribution in [-0.2, 0) is 4.74 Å². The topological polar surface area (TPSA) is 67.3 Å². The Morgan fingerprint density at radius 1 is 1.45 bits per heavy atom. The summed E-state index contributed by atoms with van der Waals surface area (Å²) in [6, 6.07) is 0.0491. The molecule has 110 valence electrons. The number of aromatic nitrogens is 2. The molecular formula is C13H19FN4O2. The van der Waals surface area contributed by atoms with E-state index in [4.69, 9.17) is 4.74 Å². The van der Waals surface area contributed by atoms with Crippen molar-refractivity contribution >= 4 is 12.0 Å². The Kier molecular flexibility index (Phi) is 4.06. The van der Waals surface area contributed by atoms with E-state index in [1.54, 1.807) is 4.90 Å². The van der Waals surface area contributed by atoms with E-state index in [1.165, 1.54) is 0 Å². The number of carbonyl (C=O) groups excluding carboxylic acids is 1. The zero-order chi connectivity index (χ0) is 14.8. The molecule has 0 aromatic carbocycles. The zero-order valence-electron chi connectivity index (χ0n) is 11.9. The Balaban J connectivity index is 1.86. The molecular weight excluding hydrogens is 263 g/mol. The molecule has 6 nitrogen and oxygen atoms in total. The van der Waals surface area contributed by atoms with Crippen LogP contribution in [0.4, 0.5) is 15.1 Å². The molecule has 1 fully saturated rings. The molecule has 0 aliphatic carbocycles. The van der Waals surface area contributed by atoms with E-state index in [-0.39, 0.29) is 12.1 Å². The van der Waals surface area contributed by atoms with Crippen LogP contribution >= 0.6 is 0 Å². The summed E-state index contributed by atoms with van der Waals surface area (Å²) in [5.74, 6) is -0.111. The van der Waals surface area contributed by atoms with Gasteiger partial charge >= 0.3 is 6.09 Å². The van der Waals surface area contributed by atoms with Gasteiger partial charge in [0, 0.05) is 19.1 Å². The Bertz CT molecular complexity index is 472. The number of anilines is 1. The number of nitrogens with one attached hydrogen (secondary N) is 1. The minimum absolute atomic E-state index is 0.0491. The number of nitrogens with zero attached hydrogens (tertiary/aromatic N) is 3. The van der Waals surface area contributed by atoms with Gasteiger partial charge in [0.25, 0.3) is 0 Å². The molecule has 7 heteroatoms. The molecule has 2 heterocycles. The maximum Gasteiger partial charge on any atom is 0.410 e. The van der Waals surface area contributed by atoms with Crippen molar-refractivity contribution in [2.24, 2.45) is 0 Å². The van der Waals surface area contributed by atoms with Gasteiger partial charge in [0.05, 0.1) is 12.4 Å². The monoisotopic (exact) mass is 282 g/mol. The largest absolute Gasteiger partial charge is 0.444 e. The molecule has 1 N–H and O–H groups in total. The first-order valence-corrected chi connectivity index (χ1v) is 6.55. The van der Waals surface area contributed by atoms with Crippen LogP contribution in [0.5, 0.6) is 0 Å². The van der Waals surface area contributed by atoms with Gasteiger partial charge in [0.15, 0.2) is 5.82 Å². The maximum absolute atomic E-state index is 12.7. The highest BCUT2D eigenvalue weighted by molar-refractivity contribution is 5.68. The second-order valence-electron chi connectivity index (χ2n) is 5.78. The first kappa shape index (κ1) is 14.5. The fourth-order valence-corrected chi connectivity index (χ4v) is 1.94. The maximum atomic E-state index is 12.7. The van der Waals surface area contributed by atoms with Gasteiger partial charge in [-0.3, -0.25) is 0 Å². The summed E-state index contributed by atoms with van der Waals surface area (Å²) in [4.78, 5) is 21.2.